The fraction of sp³-hybridized carbons (Fsp3) is 0.522. The third kappa shape index (κ3) is 3.93. The van der Waals surface area contributed by atoms with Crippen molar-refractivity contribution in [2.24, 2.45) is 11.8 Å². The topological polar surface area (TPSA) is 64.5 Å². The van der Waals surface area contributed by atoms with Gasteiger partial charge in [0, 0.05) is 25.7 Å². The molecule has 29 heavy (non-hydrogen) atoms. The zero-order valence-electron chi connectivity index (χ0n) is 17.6. The molecule has 2 aromatic rings. The van der Waals surface area contributed by atoms with Gasteiger partial charge in [0.2, 0.25) is 5.95 Å². The van der Waals surface area contributed by atoms with E-state index >= 15 is 0 Å². The molecule has 1 aromatic carbocycles. The molecule has 4 rings (SSSR count). The first-order valence-corrected chi connectivity index (χ1v) is 10.3. The summed E-state index contributed by atoms with van der Waals surface area (Å²) >= 11 is 0. The highest BCUT2D eigenvalue weighted by atomic mass is 16.5. The van der Waals surface area contributed by atoms with E-state index in [1.807, 2.05) is 18.2 Å². The lowest BCUT2D eigenvalue weighted by Gasteiger charge is -2.35. The number of carbonyl (C=O) groups is 1. The van der Waals surface area contributed by atoms with Gasteiger partial charge in [-0.1, -0.05) is 19.9 Å². The second-order valence-corrected chi connectivity index (χ2v) is 8.52. The number of carbonyl (C=O) groups excluding carboxylic acids is 1. The van der Waals surface area contributed by atoms with Gasteiger partial charge in [0.15, 0.2) is 17.3 Å². The van der Waals surface area contributed by atoms with E-state index < -0.39 is 0 Å². The minimum Gasteiger partial charge on any atom is -0.493 e. The Hall–Kier alpha value is -2.63. The number of aromatic nitrogens is 2. The molecule has 6 heteroatoms. The van der Waals surface area contributed by atoms with Crippen LogP contribution in [0.3, 0.4) is 0 Å². The third-order valence-electron chi connectivity index (χ3n) is 6.06. The Morgan fingerprint density at radius 1 is 1.03 bits per heavy atom. The minimum absolute atomic E-state index is 0.0803. The molecule has 0 unspecified atom stereocenters. The average molecular weight is 396 g/mol. The van der Waals surface area contributed by atoms with Crippen LogP contribution in [0.5, 0.6) is 11.5 Å². The number of Topliss-reactive ketones (excluding diaryl/α,β-unsaturated/α-hetero) is 1. The van der Waals surface area contributed by atoms with E-state index in [4.69, 9.17) is 14.5 Å². The number of rotatable bonds is 4. The van der Waals surface area contributed by atoms with Crippen LogP contribution in [-0.4, -0.2) is 43.1 Å². The van der Waals surface area contributed by atoms with Crippen molar-refractivity contribution in [2.45, 2.75) is 39.0 Å². The summed E-state index contributed by atoms with van der Waals surface area (Å²) in [5.41, 5.74) is 2.60. The predicted octanol–water partition coefficient (Wildman–Crippen LogP) is 3.89. The number of methoxy groups -OCH3 is 2. The largest absolute Gasteiger partial charge is 0.493 e. The zero-order valence-corrected chi connectivity index (χ0v) is 17.6. The number of piperidine rings is 1. The fourth-order valence-corrected chi connectivity index (χ4v) is 4.76. The molecule has 1 saturated heterocycles. The van der Waals surface area contributed by atoms with Gasteiger partial charge in [-0.15, -0.1) is 0 Å². The standard InChI is InChI=1S/C23H29N3O3/c1-14-7-15(2)13-26(12-14)23-24-11-18-19(25-23)8-17(9-20(18)27)16-5-6-21(28-3)22(10-16)29-4/h5-6,10-11,14-15,17H,7-9,12-13H2,1-4H3/t14-,15-,17+/m1/s1. The van der Waals surface area contributed by atoms with Crippen LogP contribution in [0, 0.1) is 11.8 Å². The fourth-order valence-electron chi connectivity index (χ4n) is 4.76. The SMILES string of the molecule is COc1ccc([C@@H]2CC(=O)c3cnc(N4C[C@H](C)C[C@@H](C)C4)nc3C2)cc1OC. The number of anilines is 1. The molecular weight excluding hydrogens is 366 g/mol. The van der Waals surface area contributed by atoms with Gasteiger partial charge in [0.1, 0.15) is 0 Å². The maximum atomic E-state index is 12.8. The zero-order chi connectivity index (χ0) is 20.5. The maximum Gasteiger partial charge on any atom is 0.225 e. The van der Waals surface area contributed by atoms with Crippen molar-refractivity contribution in [3.05, 3.63) is 41.2 Å². The summed E-state index contributed by atoms with van der Waals surface area (Å²) in [6.07, 6.45) is 4.16. The molecule has 2 aliphatic rings. The Bertz CT molecular complexity index is 904. The highest BCUT2D eigenvalue weighted by molar-refractivity contribution is 5.98. The van der Waals surface area contributed by atoms with Crippen LogP contribution in [0.25, 0.3) is 0 Å². The van der Waals surface area contributed by atoms with Crippen molar-refractivity contribution >= 4 is 11.7 Å². The molecule has 3 atom stereocenters. The lowest BCUT2D eigenvalue weighted by molar-refractivity contribution is 0.0962. The summed E-state index contributed by atoms with van der Waals surface area (Å²) in [5, 5.41) is 0. The number of ether oxygens (including phenoxy) is 2. The summed E-state index contributed by atoms with van der Waals surface area (Å²) in [4.78, 5) is 24.4. The number of fused-ring (bicyclic) bond motifs is 1. The maximum absolute atomic E-state index is 12.8. The summed E-state index contributed by atoms with van der Waals surface area (Å²) in [7, 11) is 3.25. The first-order valence-electron chi connectivity index (χ1n) is 10.3. The molecule has 0 bridgehead atoms. The van der Waals surface area contributed by atoms with E-state index in [0.717, 1.165) is 36.7 Å². The average Bonchev–Trinajstić information content (AvgIpc) is 2.72. The van der Waals surface area contributed by atoms with Crippen LogP contribution in [0.1, 0.15) is 54.2 Å². The molecule has 1 aliphatic heterocycles. The first-order chi connectivity index (χ1) is 14.0. The van der Waals surface area contributed by atoms with Crippen molar-refractivity contribution in [3.8, 4) is 11.5 Å². The van der Waals surface area contributed by atoms with Crippen molar-refractivity contribution in [1.82, 2.24) is 9.97 Å². The quantitative estimate of drug-likeness (QED) is 0.783. The van der Waals surface area contributed by atoms with Crippen molar-refractivity contribution in [1.29, 1.82) is 0 Å². The van der Waals surface area contributed by atoms with Crippen LogP contribution in [0.4, 0.5) is 5.95 Å². The van der Waals surface area contributed by atoms with E-state index in [2.05, 4.69) is 23.7 Å². The Morgan fingerprint density at radius 3 is 2.45 bits per heavy atom. The van der Waals surface area contributed by atoms with Crippen LogP contribution in [-0.2, 0) is 6.42 Å². The Morgan fingerprint density at radius 2 is 1.76 bits per heavy atom. The lowest BCUT2D eigenvalue weighted by atomic mass is 9.82. The van der Waals surface area contributed by atoms with Gasteiger partial charge in [-0.2, -0.15) is 0 Å². The molecule has 1 aromatic heterocycles. The minimum atomic E-state index is 0.0803. The first kappa shape index (κ1) is 19.7. The highest BCUT2D eigenvalue weighted by Crippen LogP contribution is 2.37. The Balaban J connectivity index is 1.62. The van der Waals surface area contributed by atoms with Crippen LogP contribution in [0.2, 0.25) is 0 Å². The Labute approximate surface area is 172 Å². The molecular formula is C23H29N3O3. The van der Waals surface area contributed by atoms with Crippen LogP contribution >= 0.6 is 0 Å². The number of hydrogen-bond acceptors (Lipinski definition) is 6. The van der Waals surface area contributed by atoms with Gasteiger partial charge in [0.25, 0.3) is 0 Å². The van der Waals surface area contributed by atoms with Gasteiger partial charge in [-0.3, -0.25) is 4.79 Å². The van der Waals surface area contributed by atoms with Gasteiger partial charge in [-0.25, -0.2) is 9.97 Å². The molecule has 1 aliphatic carbocycles. The number of hydrogen-bond donors (Lipinski definition) is 0. The van der Waals surface area contributed by atoms with Crippen molar-refractivity contribution in [2.75, 3.05) is 32.2 Å². The normalized spacial score (nSPS) is 24.2. The molecule has 0 amide bonds. The summed E-state index contributed by atoms with van der Waals surface area (Å²) < 4.78 is 10.8. The molecule has 6 nitrogen and oxygen atoms in total. The summed E-state index contributed by atoms with van der Waals surface area (Å²) in [5.74, 6) is 3.57. The van der Waals surface area contributed by atoms with E-state index in [-0.39, 0.29) is 11.7 Å². The van der Waals surface area contributed by atoms with E-state index in [1.165, 1.54) is 6.42 Å². The lowest BCUT2D eigenvalue weighted by Crippen LogP contribution is -2.40. The van der Waals surface area contributed by atoms with E-state index in [0.29, 0.717) is 35.3 Å². The van der Waals surface area contributed by atoms with E-state index in [9.17, 15) is 4.79 Å². The third-order valence-corrected chi connectivity index (χ3v) is 6.06. The molecule has 0 radical (unpaired) electrons. The second kappa shape index (κ2) is 8.01. The number of benzene rings is 1. The monoisotopic (exact) mass is 395 g/mol. The van der Waals surface area contributed by atoms with E-state index in [1.54, 1.807) is 20.4 Å². The second-order valence-electron chi connectivity index (χ2n) is 8.52. The molecule has 0 N–H and O–H groups in total. The number of ketones is 1. The highest BCUT2D eigenvalue weighted by Gasteiger charge is 2.30. The van der Waals surface area contributed by atoms with Crippen molar-refractivity contribution < 1.29 is 14.3 Å². The number of nitrogens with zero attached hydrogens (tertiary/aromatic N) is 3. The smallest absolute Gasteiger partial charge is 0.225 e. The summed E-state index contributed by atoms with van der Waals surface area (Å²) in [6, 6.07) is 5.88. The van der Waals surface area contributed by atoms with Crippen LogP contribution < -0.4 is 14.4 Å². The molecule has 2 heterocycles. The molecule has 154 valence electrons. The van der Waals surface area contributed by atoms with Gasteiger partial charge in [-0.05, 0) is 48.3 Å². The van der Waals surface area contributed by atoms with Crippen LogP contribution in [0.15, 0.2) is 24.4 Å². The van der Waals surface area contributed by atoms with Crippen molar-refractivity contribution in [3.63, 3.8) is 0 Å². The predicted molar refractivity (Wildman–Crippen MR) is 112 cm³/mol. The summed E-state index contributed by atoms with van der Waals surface area (Å²) in [6.45, 7) is 6.49. The Kier molecular flexibility index (Phi) is 5.43. The molecule has 1 fully saturated rings. The molecule has 0 saturated carbocycles. The van der Waals surface area contributed by atoms with Gasteiger partial charge in [0.05, 0.1) is 25.5 Å². The molecule has 0 spiro atoms. The van der Waals surface area contributed by atoms with Gasteiger partial charge >= 0.3 is 0 Å². The van der Waals surface area contributed by atoms with Gasteiger partial charge < -0.3 is 14.4 Å².